The van der Waals surface area contributed by atoms with E-state index in [0.717, 1.165) is 22.0 Å². The van der Waals surface area contributed by atoms with Crippen LogP contribution in [-0.2, 0) is 13.1 Å². The van der Waals surface area contributed by atoms with Crippen LogP contribution in [0.5, 0.6) is 0 Å². The first-order chi connectivity index (χ1) is 12.7. The number of nitro groups is 1. The minimum Gasteiger partial charge on any atom is -0.352 e. The molecule has 1 heterocycles. The zero-order chi connectivity index (χ0) is 18.4. The predicted molar refractivity (Wildman–Crippen MR) is 117 cm³/mol. The molecule has 0 radical (unpaired) electrons. The van der Waals surface area contributed by atoms with Crippen LogP contribution in [0, 0.1) is 10.1 Å². The summed E-state index contributed by atoms with van der Waals surface area (Å²) in [5.41, 5.74) is 2.97. The van der Waals surface area contributed by atoms with Crippen molar-refractivity contribution in [3.8, 4) is 0 Å². The summed E-state index contributed by atoms with van der Waals surface area (Å²) in [5, 5.41) is 18.4. The van der Waals surface area contributed by atoms with Crippen LogP contribution in [0.2, 0.25) is 0 Å². The number of nitrogens with zero attached hydrogens (tertiary/aromatic N) is 3. The van der Waals surface area contributed by atoms with E-state index < -0.39 is 4.92 Å². The van der Waals surface area contributed by atoms with Crippen molar-refractivity contribution in [2.24, 2.45) is 4.99 Å². The molecule has 2 aromatic carbocycles. The van der Waals surface area contributed by atoms with Gasteiger partial charge in [-0.15, -0.1) is 24.0 Å². The number of halogens is 1. The third kappa shape index (κ3) is 5.36. The molecular formula is C19H20IN5O2. The second-order valence-electron chi connectivity index (χ2n) is 5.69. The van der Waals surface area contributed by atoms with Crippen LogP contribution in [0.3, 0.4) is 0 Å². The highest BCUT2D eigenvalue weighted by atomic mass is 127. The standard InChI is InChI=1S/C19H19N5O2.HI/c1-20-19(22-12-14-5-4-6-16(11-14)24(25)26)23-13-15-9-10-21-18-8-3-2-7-17(15)18;/h2-11H,12-13H2,1H3,(H2,20,22,23);1H. The number of aliphatic imine (C=N–C) groups is 1. The van der Waals surface area contributed by atoms with Crippen molar-refractivity contribution in [3.05, 3.63) is 82.0 Å². The summed E-state index contributed by atoms with van der Waals surface area (Å²) in [6, 6.07) is 16.5. The molecule has 8 heteroatoms. The number of para-hydroxylation sites is 1. The highest BCUT2D eigenvalue weighted by molar-refractivity contribution is 14.0. The fourth-order valence-corrected chi connectivity index (χ4v) is 2.67. The summed E-state index contributed by atoms with van der Waals surface area (Å²) in [6.07, 6.45) is 1.79. The Morgan fingerprint density at radius 3 is 2.67 bits per heavy atom. The van der Waals surface area contributed by atoms with Crippen LogP contribution in [0.25, 0.3) is 10.9 Å². The van der Waals surface area contributed by atoms with Gasteiger partial charge >= 0.3 is 0 Å². The van der Waals surface area contributed by atoms with E-state index in [1.54, 1.807) is 25.4 Å². The SMILES string of the molecule is CN=C(NCc1cccc([N+](=O)[O-])c1)NCc1ccnc2ccccc12.I. The van der Waals surface area contributed by atoms with Gasteiger partial charge in [0.15, 0.2) is 5.96 Å². The number of fused-ring (bicyclic) bond motifs is 1. The van der Waals surface area contributed by atoms with Gasteiger partial charge in [0.1, 0.15) is 0 Å². The van der Waals surface area contributed by atoms with Crippen molar-refractivity contribution in [2.75, 3.05) is 7.05 Å². The minimum atomic E-state index is -0.398. The Hall–Kier alpha value is -2.75. The molecule has 2 N–H and O–H groups in total. The van der Waals surface area contributed by atoms with E-state index in [1.165, 1.54) is 6.07 Å². The second kappa shape index (κ2) is 9.81. The van der Waals surface area contributed by atoms with Crippen LogP contribution in [0.4, 0.5) is 5.69 Å². The number of guanidine groups is 1. The lowest BCUT2D eigenvalue weighted by molar-refractivity contribution is -0.384. The molecule has 140 valence electrons. The van der Waals surface area contributed by atoms with Gasteiger partial charge in [-0.25, -0.2) is 0 Å². The summed E-state index contributed by atoms with van der Waals surface area (Å²) in [7, 11) is 1.69. The zero-order valence-electron chi connectivity index (χ0n) is 14.8. The number of nitrogens with one attached hydrogen (secondary N) is 2. The van der Waals surface area contributed by atoms with E-state index in [2.05, 4.69) is 20.6 Å². The molecule has 0 aliphatic heterocycles. The first kappa shape index (κ1) is 20.6. The van der Waals surface area contributed by atoms with Gasteiger partial charge in [0.05, 0.1) is 10.4 Å². The first-order valence-corrected chi connectivity index (χ1v) is 8.18. The number of aromatic nitrogens is 1. The third-order valence-corrected chi connectivity index (χ3v) is 3.99. The maximum Gasteiger partial charge on any atom is 0.269 e. The predicted octanol–water partition coefficient (Wildman–Crippen LogP) is 3.63. The zero-order valence-corrected chi connectivity index (χ0v) is 17.1. The third-order valence-electron chi connectivity index (χ3n) is 3.99. The van der Waals surface area contributed by atoms with Crippen molar-refractivity contribution in [1.82, 2.24) is 15.6 Å². The Kier molecular flexibility index (Phi) is 7.47. The van der Waals surface area contributed by atoms with E-state index in [1.807, 2.05) is 36.4 Å². The Balaban J connectivity index is 0.00000261. The molecule has 0 spiro atoms. The number of nitro benzene ring substituents is 1. The Morgan fingerprint density at radius 1 is 1.11 bits per heavy atom. The van der Waals surface area contributed by atoms with E-state index in [0.29, 0.717) is 19.0 Å². The van der Waals surface area contributed by atoms with E-state index >= 15 is 0 Å². The summed E-state index contributed by atoms with van der Waals surface area (Å²) in [6.45, 7) is 1.04. The molecule has 0 bridgehead atoms. The fourth-order valence-electron chi connectivity index (χ4n) is 2.67. The summed E-state index contributed by atoms with van der Waals surface area (Å²) in [4.78, 5) is 19.0. The molecule has 7 nitrogen and oxygen atoms in total. The number of non-ortho nitro benzene ring substituents is 1. The lowest BCUT2D eigenvalue weighted by atomic mass is 10.1. The molecule has 0 saturated carbocycles. The van der Waals surface area contributed by atoms with Crippen LogP contribution in [-0.4, -0.2) is 22.9 Å². The summed E-state index contributed by atoms with van der Waals surface area (Å²) >= 11 is 0. The van der Waals surface area contributed by atoms with Gasteiger partial charge in [-0.1, -0.05) is 30.3 Å². The normalized spacial score (nSPS) is 10.9. The maximum absolute atomic E-state index is 10.9. The molecule has 0 aliphatic carbocycles. The molecular weight excluding hydrogens is 457 g/mol. The molecule has 0 amide bonds. The average Bonchev–Trinajstić information content (AvgIpc) is 2.68. The number of hydrogen-bond donors (Lipinski definition) is 2. The van der Waals surface area contributed by atoms with Gasteiger partial charge in [0.25, 0.3) is 5.69 Å². The summed E-state index contributed by atoms with van der Waals surface area (Å²) < 4.78 is 0. The van der Waals surface area contributed by atoms with Crippen LogP contribution in [0.15, 0.2) is 65.8 Å². The lowest BCUT2D eigenvalue weighted by Crippen LogP contribution is -2.36. The van der Waals surface area contributed by atoms with Gasteiger partial charge in [-0.2, -0.15) is 0 Å². The van der Waals surface area contributed by atoms with Gasteiger partial charge in [-0.3, -0.25) is 20.1 Å². The number of hydrogen-bond acceptors (Lipinski definition) is 4. The van der Waals surface area contributed by atoms with Crippen molar-refractivity contribution in [2.45, 2.75) is 13.1 Å². The number of rotatable bonds is 5. The smallest absolute Gasteiger partial charge is 0.269 e. The molecule has 0 aliphatic rings. The van der Waals surface area contributed by atoms with Crippen molar-refractivity contribution in [1.29, 1.82) is 0 Å². The molecule has 0 unspecified atom stereocenters. The van der Waals surface area contributed by atoms with Gasteiger partial charge in [-0.05, 0) is 23.3 Å². The second-order valence-corrected chi connectivity index (χ2v) is 5.69. The minimum absolute atomic E-state index is 0. The quantitative estimate of drug-likeness (QED) is 0.193. The molecule has 0 atom stereocenters. The largest absolute Gasteiger partial charge is 0.352 e. The first-order valence-electron chi connectivity index (χ1n) is 8.18. The fraction of sp³-hybridized carbons (Fsp3) is 0.158. The van der Waals surface area contributed by atoms with E-state index in [-0.39, 0.29) is 29.7 Å². The molecule has 1 aromatic heterocycles. The lowest BCUT2D eigenvalue weighted by Gasteiger charge is -2.13. The molecule has 0 fully saturated rings. The molecule has 3 aromatic rings. The van der Waals surface area contributed by atoms with Gasteiger partial charge in [0, 0.05) is 43.9 Å². The average molecular weight is 477 g/mol. The van der Waals surface area contributed by atoms with Gasteiger partial charge < -0.3 is 10.6 Å². The highest BCUT2D eigenvalue weighted by Gasteiger charge is 2.07. The Labute approximate surface area is 174 Å². The van der Waals surface area contributed by atoms with E-state index in [4.69, 9.17) is 0 Å². The van der Waals surface area contributed by atoms with Crippen molar-refractivity contribution in [3.63, 3.8) is 0 Å². The number of pyridine rings is 1. The van der Waals surface area contributed by atoms with Crippen molar-refractivity contribution >= 4 is 46.5 Å². The molecule has 3 rings (SSSR count). The Bertz CT molecular complexity index is 956. The monoisotopic (exact) mass is 477 g/mol. The summed E-state index contributed by atoms with van der Waals surface area (Å²) in [5.74, 6) is 0.623. The van der Waals surface area contributed by atoms with E-state index in [9.17, 15) is 10.1 Å². The van der Waals surface area contributed by atoms with Crippen LogP contribution < -0.4 is 10.6 Å². The Morgan fingerprint density at radius 2 is 1.89 bits per heavy atom. The van der Waals surface area contributed by atoms with Crippen LogP contribution >= 0.6 is 24.0 Å². The molecule has 0 saturated heterocycles. The van der Waals surface area contributed by atoms with Crippen LogP contribution in [0.1, 0.15) is 11.1 Å². The number of benzene rings is 2. The highest BCUT2D eigenvalue weighted by Crippen LogP contribution is 2.16. The topological polar surface area (TPSA) is 92.5 Å². The van der Waals surface area contributed by atoms with Gasteiger partial charge in [0.2, 0.25) is 0 Å². The molecule has 27 heavy (non-hydrogen) atoms. The maximum atomic E-state index is 10.9. The van der Waals surface area contributed by atoms with Crippen molar-refractivity contribution < 1.29 is 4.92 Å².